The summed E-state index contributed by atoms with van der Waals surface area (Å²) in [6.07, 6.45) is 1.38. The Morgan fingerprint density at radius 3 is 2.59 bits per heavy atom. The molecule has 176 valence electrons. The van der Waals surface area contributed by atoms with E-state index in [1.165, 1.54) is 18.7 Å². The number of benzene rings is 2. The van der Waals surface area contributed by atoms with E-state index in [2.05, 4.69) is 17.0 Å². The first-order chi connectivity index (χ1) is 16.5. The van der Waals surface area contributed by atoms with Gasteiger partial charge in [0.1, 0.15) is 17.1 Å². The molecule has 0 saturated carbocycles. The normalized spacial score (nSPS) is 15.9. The Labute approximate surface area is 198 Å². The molecule has 3 aromatic rings. The van der Waals surface area contributed by atoms with Crippen molar-refractivity contribution >= 4 is 5.91 Å². The number of aromatic nitrogens is 1. The van der Waals surface area contributed by atoms with E-state index in [4.69, 9.17) is 4.74 Å². The van der Waals surface area contributed by atoms with Gasteiger partial charge in [-0.25, -0.2) is 0 Å². The van der Waals surface area contributed by atoms with Crippen LogP contribution in [0.25, 0.3) is 0 Å². The van der Waals surface area contributed by atoms with Crippen LogP contribution in [0.5, 0.6) is 11.5 Å². The van der Waals surface area contributed by atoms with Gasteiger partial charge in [0.15, 0.2) is 0 Å². The number of phenols is 1. The molecule has 2 aliphatic heterocycles. The van der Waals surface area contributed by atoms with E-state index >= 15 is 0 Å². The number of carbonyl (C=O) groups is 1. The highest BCUT2D eigenvalue weighted by Crippen LogP contribution is 2.28. The van der Waals surface area contributed by atoms with Crippen molar-refractivity contribution in [2.75, 3.05) is 26.7 Å². The minimum absolute atomic E-state index is 0.0865. The smallest absolute Gasteiger partial charge is 0.259 e. The Morgan fingerprint density at radius 2 is 1.79 bits per heavy atom. The molecule has 0 spiro atoms. The summed E-state index contributed by atoms with van der Waals surface area (Å²) in [4.78, 5) is 30.8. The zero-order chi connectivity index (χ0) is 23.7. The summed E-state index contributed by atoms with van der Waals surface area (Å²) in [6, 6.07) is 16.9. The van der Waals surface area contributed by atoms with E-state index < -0.39 is 0 Å². The maximum atomic E-state index is 13.8. The van der Waals surface area contributed by atoms with Gasteiger partial charge in [0.25, 0.3) is 11.5 Å². The van der Waals surface area contributed by atoms with Crippen molar-refractivity contribution < 1.29 is 14.6 Å². The van der Waals surface area contributed by atoms with Gasteiger partial charge in [-0.3, -0.25) is 14.5 Å². The van der Waals surface area contributed by atoms with Gasteiger partial charge in [-0.05, 0) is 35.2 Å². The Bertz CT molecular complexity index is 1280. The van der Waals surface area contributed by atoms with E-state index in [0.717, 1.165) is 23.2 Å². The highest BCUT2D eigenvalue weighted by Gasteiger charge is 2.30. The molecule has 0 unspecified atom stereocenters. The second-order valence-electron chi connectivity index (χ2n) is 8.97. The number of aromatic hydroxyl groups is 1. The van der Waals surface area contributed by atoms with Crippen LogP contribution in [-0.4, -0.2) is 52.1 Å². The van der Waals surface area contributed by atoms with Gasteiger partial charge >= 0.3 is 0 Å². The molecule has 2 aliphatic rings. The molecule has 1 aromatic heterocycles. The lowest BCUT2D eigenvalue weighted by Crippen LogP contribution is -2.38. The van der Waals surface area contributed by atoms with Gasteiger partial charge in [-0.2, -0.15) is 0 Å². The average molecular weight is 460 g/mol. The number of hydrogen-bond acceptors (Lipinski definition) is 5. The number of ether oxygens (including phenoxy) is 1. The third kappa shape index (κ3) is 4.31. The first-order valence-corrected chi connectivity index (χ1v) is 11.7. The Morgan fingerprint density at radius 1 is 0.971 bits per heavy atom. The van der Waals surface area contributed by atoms with Crippen LogP contribution in [0.3, 0.4) is 0 Å². The lowest BCUT2D eigenvalue weighted by atomic mass is 9.98. The maximum Gasteiger partial charge on any atom is 0.259 e. The minimum atomic E-state index is -0.147. The van der Waals surface area contributed by atoms with Crippen LogP contribution in [0.2, 0.25) is 0 Å². The molecule has 5 rings (SSSR count). The number of amides is 1. The molecule has 34 heavy (non-hydrogen) atoms. The number of nitrogens with zero attached hydrogens (tertiary/aromatic N) is 3. The van der Waals surface area contributed by atoms with E-state index in [-0.39, 0.29) is 17.2 Å². The number of hydrogen-bond donors (Lipinski definition) is 1. The number of pyridine rings is 1. The summed E-state index contributed by atoms with van der Waals surface area (Å²) in [5, 5.41) is 9.80. The van der Waals surface area contributed by atoms with E-state index in [1.54, 1.807) is 16.7 Å². The Hall–Kier alpha value is -3.58. The van der Waals surface area contributed by atoms with Gasteiger partial charge in [-0.15, -0.1) is 0 Å². The zero-order valence-corrected chi connectivity index (χ0v) is 19.4. The van der Waals surface area contributed by atoms with Gasteiger partial charge in [0.05, 0.1) is 7.11 Å². The summed E-state index contributed by atoms with van der Waals surface area (Å²) in [5.41, 5.74) is 4.56. The molecular formula is C27H29N3O4. The van der Waals surface area contributed by atoms with Crippen molar-refractivity contribution in [2.24, 2.45) is 0 Å². The van der Waals surface area contributed by atoms with Crippen LogP contribution in [0, 0.1) is 0 Å². The largest absolute Gasteiger partial charge is 0.508 e. The second kappa shape index (κ2) is 9.35. The number of carbonyl (C=O) groups excluding carboxylic acids is 1. The number of phenolic OH excluding ortho intramolecular Hbond substituents is 1. The van der Waals surface area contributed by atoms with Crippen molar-refractivity contribution in [3.8, 4) is 11.5 Å². The summed E-state index contributed by atoms with van der Waals surface area (Å²) < 4.78 is 7.28. The van der Waals surface area contributed by atoms with Crippen LogP contribution in [0.1, 0.15) is 32.7 Å². The highest BCUT2D eigenvalue weighted by atomic mass is 16.5. The third-order valence-electron chi connectivity index (χ3n) is 6.85. The summed E-state index contributed by atoms with van der Waals surface area (Å²) in [5.74, 6) is 0.505. The minimum Gasteiger partial charge on any atom is -0.508 e. The molecule has 7 heteroatoms. The summed E-state index contributed by atoms with van der Waals surface area (Å²) in [6.45, 7) is 3.74. The molecule has 7 nitrogen and oxygen atoms in total. The monoisotopic (exact) mass is 459 g/mol. The van der Waals surface area contributed by atoms with Crippen LogP contribution >= 0.6 is 0 Å². The Balaban J connectivity index is 1.44. The first-order valence-electron chi connectivity index (χ1n) is 11.7. The third-order valence-corrected chi connectivity index (χ3v) is 6.85. The van der Waals surface area contributed by atoms with Crippen molar-refractivity contribution in [2.45, 2.75) is 32.5 Å². The molecular weight excluding hydrogens is 430 g/mol. The van der Waals surface area contributed by atoms with Crippen molar-refractivity contribution in [1.29, 1.82) is 0 Å². The van der Waals surface area contributed by atoms with Crippen LogP contribution in [-0.2, 0) is 32.5 Å². The maximum absolute atomic E-state index is 13.8. The standard InChI is InChI=1S/C27H29N3O4/c1-34-24-16-25(32)30-14-13-28(17-19-5-4-8-22(31)15-19)11-10-23(30)26(24)27(33)29-12-9-20-6-2-3-7-21(20)18-29/h2-8,15-16,31H,9-14,17-18H2,1H3. The van der Waals surface area contributed by atoms with Crippen molar-refractivity contribution in [3.05, 3.63) is 92.9 Å². The molecule has 0 saturated heterocycles. The topological polar surface area (TPSA) is 75.0 Å². The molecule has 0 atom stereocenters. The molecule has 0 aliphatic carbocycles. The fraction of sp³-hybridized carbons (Fsp3) is 0.333. The Kier molecular flexibility index (Phi) is 6.11. The molecule has 0 radical (unpaired) electrons. The van der Waals surface area contributed by atoms with Gasteiger partial charge in [-0.1, -0.05) is 36.4 Å². The fourth-order valence-corrected chi connectivity index (χ4v) is 5.08. The van der Waals surface area contributed by atoms with Crippen LogP contribution in [0.4, 0.5) is 0 Å². The molecule has 3 heterocycles. The number of methoxy groups -OCH3 is 1. The zero-order valence-electron chi connectivity index (χ0n) is 19.4. The van der Waals surface area contributed by atoms with Crippen molar-refractivity contribution in [1.82, 2.24) is 14.4 Å². The van der Waals surface area contributed by atoms with Gasteiger partial charge < -0.3 is 19.3 Å². The van der Waals surface area contributed by atoms with Gasteiger partial charge in [0.2, 0.25) is 0 Å². The molecule has 2 aromatic carbocycles. The summed E-state index contributed by atoms with van der Waals surface area (Å²) in [7, 11) is 1.51. The molecule has 0 bridgehead atoms. The molecule has 1 amide bonds. The quantitative estimate of drug-likeness (QED) is 0.650. The van der Waals surface area contributed by atoms with Gasteiger partial charge in [0, 0.05) is 57.4 Å². The predicted molar refractivity (Wildman–Crippen MR) is 129 cm³/mol. The lowest BCUT2D eigenvalue weighted by Gasteiger charge is -2.30. The van der Waals surface area contributed by atoms with E-state index in [0.29, 0.717) is 57.0 Å². The first kappa shape index (κ1) is 22.2. The van der Waals surface area contributed by atoms with E-state index in [9.17, 15) is 14.7 Å². The number of fused-ring (bicyclic) bond motifs is 2. The fourth-order valence-electron chi connectivity index (χ4n) is 5.08. The van der Waals surface area contributed by atoms with Crippen LogP contribution in [0.15, 0.2) is 59.4 Å². The van der Waals surface area contributed by atoms with Crippen LogP contribution < -0.4 is 10.3 Å². The SMILES string of the molecule is COc1cc(=O)n2c(c1C(=O)N1CCc3ccccc3C1)CCN(Cc1cccc(O)c1)CC2. The number of rotatable bonds is 4. The highest BCUT2D eigenvalue weighted by molar-refractivity contribution is 5.98. The molecule has 1 N–H and O–H groups in total. The lowest BCUT2D eigenvalue weighted by molar-refractivity contribution is 0.0728. The van der Waals surface area contributed by atoms with Crippen molar-refractivity contribution in [3.63, 3.8) is 0 Å². The van der Waals surface area contributed by atoms with E-state index in [1.807, 2.05) is 29.2 Å². The molecule has 0 fully saturated rings. The average Bonchev–Trinajstić information content (AvgIpc) is 3.06. The predicted octanol–water partition coefficient (Wildman–Crippen LogP) is 2.82. The summed E-state index contributed by atoms with van der Waals surface area (Å²) >= 11 is 0. The second-order valence-corrected chi connectivity index (χ2v) is 8.97.